The minimum atomic E-state index is -0.467. The van der Waals surface area contributed by atoms with Crippen molar-refractivity contribution in [1.29, 1.82) is 0 Å². The molecule has 20 heavy (non-hydrogen) atoms. The molecule has 104 valence electrons. The highest BCUT2D eigenvalue weighted by atomic mass is 16.2. The average Bonchev–Trinajstić information content (AvgIpc) is 2.91. The highest BCUT2D eigenvalue weighted by Gasteiger charge is 2.33. The second-order valence-electron chi connectivity index (χ2n) is 4.98. The molecule has 6 nitrogen and oxygen atoms in total. The molecule has 2 aromatic rings. The quantitative estimate of drug-likeness (QED) is 0.761. The third-order valence-corrected chi connectivity index (χ3v) is 3.84. The van der Waals surface area contributed by atoms with Crippen LogP contribution in [0.2, 0.25) is 0 Å². The Morgan fingerprint density at radius 3 is 2.55 bits per heavy atom. The van der Waals surface area contributed by atoms with Crippen molar-refractivity contribution in [1.82, 2.24) is 14.0 Å². The summed E-state index contributed by atoms with van der Waals surface area (Å²) in [7, 11) is 1.73. The largest absolute Gasteiger partial charge is 0.344 e. The van der Waals surface area contributed by atoms with Crippen molar-refractivity contribution >= 4 is 23.2 Å². The van der Waals surface area contributed by atoms with Gasteiger partial charge in [0, 0.05) is 13.6 Å². The molecule has 1 aliphatic rings. The van der Waals surface area contributed by atoms with Gasteiger partial charge in [-0.1, -0.05) is 12.1 Å². The van der Waals surface area contributed by atoms with Crippen molar-refractivity contribution in [3.05, 3.63) is 34.7 Å². The van der Waals surface area contributed by atoms with Gasteiger partial charge in [-0.25, -0.2) is 4.79 Å². The van der Waals surface area contributed by atoms with Gasteiger partial charge in [-0.15, -0.1) is 0 Å². The Bertz CT molecular complexity index is 744. The van der Waals surface area contributed by atoms with E-state index in [2.05, 4.69) is 0 Å². The first kappa shape index (κ1) is 12.7. The van der Waals surface area contributed by atoms with Gasteiger partial charge in [0.05, 0.1) is 17.6 Å². The summed E-state index contributed by atoms with van der Waals surface area (Å²) in [6.45, 7) is 0.645. The van der Waals surface area contributed by atoms with Crippen LogP contribution in [0.1, 0.15) is 12.5 Å². The van der Waals surface area contributed by atoms with Crippen LogP contribution in [0.5, 0.6) is 0 Å². The zero-order chi connectivity index (χ0) is 14.3. The fourth-order valence-corrected chi connectivity index (χ4v) is 2.83. The van der Waals surface area contributed by atoms with Crippen LogP contribution >= 0.6 is 0 Å². The van der Waals surface area contributed by atoms with Gasteiger partial charge in [-0.2, -0.15) is 0 Å². The number of aromatic nitrogens is 2. The Kier molecular flexibility index (Phi) is 2.93. The molecule has 1 saturated heterocycles. The van der Waals surface area contributed by atoms with E-state index in [1.165, 1.54) is 9.13 Å². The van der Waals surface area contributed by atoms with Crippen LogP contribution in [0.4, 0.5) is 0 Å². The van der Waals surface area contributed by atoms with Gasteiger partial charge in [0.1, 0.15) is 12.3 Å². The molecule has 0 saturated carbocycles. The van der Waals surface area contributed by atoms with Crippen molar-refractivity contribution < 1.29 is 9.59 Å². The molecule has 0 aliphatic carbocycles. The molecule has 0 N–H and O–H groups in total. The van der Waals surface area contributed by atoms with Gasteiger partial charge in [0.25, 0.3) is 0 Å². The van der Waals surface area contributed by atoms with Crippen molar-refractivity contribution in [2.45, 2.75) is 19.0 Å². The first-order chi connectivity index (χ1) is 9.65. The molecule has 3 rings (SSSR count). The fourth-order valence-electron chi connectivity index (χ4n) is 2.83. The lowest BCUT2D eigenvalue weighted by atomic mass is 10.2. The number of amides is 1. The number of benzene rings is 1. The number of likely N-dealkylation sites (N-methyl/N-ethyl adjacent to an activating group) is 1. The Balaban J connectivity index is 2.25. The van der Waals surface area contributed by atoms with Gasteiger partial charge < -0.3 is 9.69 Å². The third kappa shape index (κ3) is 1.68. The Labute approximate surface area is 115 Å². The number of carbonyl (C=O) groups excluding carboxylic acids is 2. The van der Waals surface area contributed by atoms with E-state index in [0.29, 0.717) is 30.3 Å². The molecule has 1 fully saturated rings. The van der Waals surface area contributed by atoms with Crippen molar-refractivity contribution in [2.75, 3.05) is 13.6 Å². The number of para-hydroxylation sites is 2. The lowest BCUT2D eigenvalue weighted by molar-refractivity contribution is -0.129. The van der Waals surface area contributed by atoms with Crippen molar-refractivity contribution in [3.63, 3.8) is 0 Å². The minimum Gasteiger partial charge on any atom is -0.344 e. The first-order valence-corrected chi connectivity index (χ1v) is 6.53. The minimum absolute atomic E-state index is 0.00307. The smallest absolute Gasteiger partial charge is 0.330 e. The SMILES string of the molecule is CN1CCC(n2c(=O)n(CC=O)c3ccccc32)C1=O. The van der Waals surface area contributed by atoms with Crippen LogP contribution in [0.25, 0.3) is 11.0 Å². The summed E-state index contributed by atoms with van der Waals surface area (Å²) in [6.07, 6.45) is 1.31. The molecule has 1 aromatic carbocycles. The predicted molar refractivity (Wildman–Crippen MR) is 73.6 cm³/mol. The van der Waals surface area contributed by atoms with Crippen LogP contribution in [0.15, 0.2) is 29.1 Å². The standard InChI is InChI=1S/C14H15N3O3/c1-15-7-6-12(13(15)19)17-11-5-3-2-4-10(11)16(8-9-18)14(17)20/h2-5,9,12H,6-8H2,1H3. The van der Waals surface area contributed by atoms with Crippen molar-refractivity contribution in [2.24, 2.45) is 0 Å². The van der Waals surface area contributed by atoms with E-state index < -0.39 is 6.04 Å². The summed E-state index contributed by atoms with van der Waals surface area (Å²) in [6, 6.07) is 6.77. The van der Waals surface area contributed by atoms with E-state index in [1.807, 2.05) is 18.2 Å². The molecule has 1 atom stereocenters. The number of fused-ring (bicyclic) bond motifs is 1. The second-order valence-corrected chi connectivity index (χ2v) is 4.98. The van der Waals surface area contributed by atoms with Crippen molar-refractivity contribution in [3.8, 4) is 0 Å². The van der Waals surface area contributed by atoms with Crippen LogP contribution in [0.3, 0.4) is 0 Å². The molecule has 1 amide bonds. The number of rotatable bonds is 3. The van der Waals surface area contributed by atoms with E-state index >= 15 is 0 Å². The van der Waals surface area contributed by atoms with E-state index in [4.69, 9.17) is 0 Å². The lowest BCUT2D eigenvalue weighted by Gasteiger charge is -2.11. The van der Waals surface area contributed by atoms with Crippen LogP contribution < -0.4 is 5.69 Å². The zero-order valence-corrected chi connectivity index (χ0v) is 11.2. The average molecular weight is 273 g/mol. The predicted octanol–water partition coefficient (Wildman–Crippen LogP) is 0.405. The Hall–Kier alpha value is -2.37. The van der Waals surface area contributed by atoms with E-state index in [9.17, 15) is 14.4 Å². The number of nitrogens with zero attached hydrogens (tertiary/aromatic N) is 3. The monoisotopic (exact) mass is 273 g/mol. The maximum atomic E-state index is 12.5. The number of hydrogen-bond acceptors (Lipinski definition) is 3. The molecular formula is C14H15N3O3. The van der Waals surface area contributed by atoms with E-state index in [1.54, 1.807) is 18.0 Å². The Morgan fingerprint density at radius 2 is 1.95 bits per heavy atom. The molecule has 0 spiro atoms. The topological polar surface area (TPSA) is 64.3 Å². The molecule has 0 bridgehead atoms. The van der Waals surface area contributed by atoms with Crippen LogP contribution in [0, 0.1) is 0 Å². The summed E-state index contributed by atoms with van der Waals surface area (Å²) in [5.74, 6) is -0.0545. The number of likely N-dealkylation sites (tertiary alicyclic amines) is 1. The molecule has 1 unspecified atom stereocenters. The zero-order valence-electron chi connectivity index (χ0n) is 11.2. The van der Waals surface area contributed by atoms with Gasteiger partial charge >= 0.3 is 5.69 Å². The maximum Gasteiger partial charge on any atom is 0.330 e. The van der Waals surface area contributed by atoms with Crippen LogP contribution in [-0.2, 0) is 16.1 Å². The molecular weight excluding hydrogens is 258 g/mol. The number of imidazole rings is 1. The number of aldehydes is 1. The van der Waals surface area contributed by atoms with Crippen LogP contribution in [-0.4, -0.2) is 39.8 Å². The molecule has 1 aromatic heterocycles. The third-order valence-electron chi connectivity index (χ3n) is 3.84. The molecule has 0 radical (unpaired) electrons. The first-order valence-electron chi connectivity index (χ1n) is 6.53. The number of carbonyl (C=O) groups is 2. The molecule has 6 heteroatoms. The lowest BCUT2D eigenvalue weighted by Crippen LogP contribution is -2.32. The second kappa shape index (κ2) is 4.63. The summed E-state index contributed by atoms with van der Waals surface area (Å²) in [5, 5.41) is 0. The fraction of sp³-hybridized carbons (Fsp3) is 0.357. The highest BCUT2D eigenvalue weighted by Crippen LogP contribution is 2.25. The van der Waals surface area contributed by atoms with Gasteiger partial charge in [-0.3, -0.25) is 13.9 Å². The maximum absolute atomic E-state index is 12.5. The summed E-state index contributed by atoms with van der Waals surface area (Å²) in [5.41, 5.74) is 1.09. The molecule has 1 aliphatic heterocycles. The normalized spacial score (nSPS) is 18.9. The highest BCUT2D eigenvalue weighted by molar-refractivity contribution is 5.85. The van der Waals surface area contributed by atoms with E-state index in [0.717, 1.165) is 0 Å². The summed E-state index contributed by atoms with van der Waals surface area (Å²) in [4.78, 5) is 37.1. The molecule has 2 heterocycles. The van der Waals surface area contributed by atoms with Gasteiger partial charge in [-0.05, 0) is 18.6 Å². The van der Waals surface area contributed by atoms with Gasteiger partial charge in [0.2, 0.25) is 5.91 Å². The Morgan fingerprint density at radius 1 is 1.25 bits per heavy atom. The number of hydrogen-bond donors (Lipinski definition) is 0. The van der Waals surface area contributed by atoms with E-state index in [-0.39, 0.29) is 18.1 Å². The summed E-state index contributed by atoms with van der Waals surface area (Å²) >= 11 is 0. The van der Waals surface area contributed by atoms with Gasteiger partial charge in [0.15, 0.2) is 0 Å². The summed E-state index contributed by atoms with van der Waals surface area (Å²) < 4.78 is 2.93.